The van der Waals surface area contributed by atoms with Gasteiger partial charge in [0.25, 0.3) is 0 Å². The summed E-state index contributed by atoms with van der Waals surface area (Å²) < 4.78 is 6.33. The molecular weight excluding hydrogens is 358 g/mol. The van der Waals surface area contributed by atoms with Crippen LogP contribution in [0.4, 0.5) is 17.6 Å². The Bertz CT molecular complexity index is 638. The molecule has 0 fully saturated rings. The van der Waals surface area contributed by atoms with Crippen molar-refractivity contribution in [3.05, 3.63) is 27.7 Å². The summed E-state index contributed by atoms with van der Waals surface area (Å²) in [6.45, 7) is 3.81. The van der Waals surface area contributed by atoms with E-state index in [9.17, 15) is 0 Å². The molecule has 2 N–H and O–H groups in total. The number of hydrogen-bond acceptors (Lipinski definition) is 6. The molecule has 8 heteroatoms. The summed E-state index contributed by atoms with van der Waals surface area (Å²) in [5.74, 6) is 0.801. The maximum Gasteiger partial charge on any atom is 0.323 e. The molecule has 1 aromatic carbocycles. The van der Waals surface area contributed by atoms with Gasteiger partial charge in [-0.3, -0.25) is 0 Å². The number of hydrogen-bond donors (Lipinski definition) is 2. The fraction of sp³-hybridized carbons (Fsp3) is 0.308. The molecule has 0 radical (unpaired) electrons. The van der Waals surface area contributed by atoms with Crippen LogP contribution in [0.2, 0.25) is 5.02 Å². The molecule has 0 aliphatic carbocycles. The van der Waals surface area contributed by atoms with Crippen LogP contribution in [-0.4, -0.2) is 28.1 Å². The first-order valence-corrected chi connectivity index (χ1v) is 7.47. The van der Waals surface area contributed by atoms with Crippen molar-refractivity contribution < 1.29 is 4.74 Å². The Kier molecular flexibility index (Phi) is 5.19. The SMILES string of the molecule is CNc1nc(Nc2ccc(Br)c(Cl)c2)nc(OC(C)C)n1. The van der Waals surface area contributed by atoms with Gasteiger partial charge in [-0.15, -0.1) is 0 Å². The minimum atomic E-state index is -0.0212. The first kappa shape index (κ1) is 15.8. The molecule has 2 aromatic rings. The van der Waals surface area contributed by atoms with Crippen LogP contribution >= 0.6 is 27.5 Å². The summed E-state index contributed by atoms with van der Waals surface area (Å²) in [7, 11) is 1.73. The highest BCUT2D eigenvalue weighted by Gasteiger charge is 2.09. The third-order valence-electron chi connectivity index (χ3n) is 2.36. The van der Waals surface area contributed by atoms with Gasteiger partial charge in [-0.1, -0.05) is 11.6 Å². The van der Waals surface area contributed by atoms with Crippen molar-refractivity contribution in [2.45, 2.75) is 20.0 Å². The second-order valence-corrected chi connectivity index (χ2v) is 5.70. The van der Waals surface area contributed by atoms with Gasteiger partial charge in [0, 0.05) is 17.2 Å². The topological polar surface area (TPSA) is 72.0 Å². The average Bonchev–Trinajstić information content (AvgIpc) is 2.42. The van der Waals surface area contributed by atoms with Gasteiger partial charge in [0.05, 0.1) is 11.1 Å². The Morgan fingerprint density at radius 1 is 1.19 bits per heavy atom. The van der Waals surface area contributed by atoms with E-state index in [0.29, 0.717) is 16.9 Å². The molecule has 0 unspecified atom stereocenters. The molecular formula is C13H15BrClN5O. The molecule has 0 atom stereocenters. The lowest BCUT2D eigenvalue weighted by atomic mass is 10.3. The molecule has 0 aliphatic rings. The normalized spacial score (nSPS) is 10.6. The maximum absolute atomic E-state index is 6.06. The number of ether oxygens (including phenoxy) is 1. The van der Waals surface area contributed by atoms with E-state index in [1.165, 1.54) is 0 Å². The third-order valence-corrected chi connectivity index (χ3v) is 3.59. The van der Waals surface area contributed by atoms with E-state index in [1.807, 2.05) is 26.0 Å². The van der Waals surface area contributed by atoms with Crippen LogP contribution in [-0.2, 0) is 0 Å². The molecule has 0 amide bonds. The van der Waals surface area contributed by atoms with E-state index in [-0.39, 0.29) is 12.1 Å². The lowest BCUT2D eigenvalue weighted by molar-refractivity contribution is 0.222. The van der Waals surface area contributed by atoms with Gasteiger partial charge < -0.3 is 15.4 Å². The Morgan fingerprint density at radius 3 is 2.52 bits per heavy atom. The zero-order chi connectivity index (χ0) is 15.4. The van der Waals surface area contributed by atoms with Crippen LogP contribution in [0.15, 0.2) is 22.7 Å². The van der Waals surface area contributed by atoms with Gasteiger partial charge in [-0.05, 0) is 48.0 Å². The lowest BCUT2D eigenvalue weighted by Gasteiger charge is -2.11. The van der Waals surface area contributed by atoms with Crippen LogP contribution < -0.4 is 15.4 Å². The van der Waals surface area contributed by atoms with E-state index >= 15 is 0 Å². The van der Waals surface area contributed by atoms with Crippen LogP contribution in [0, 0.1) is 0 Å². The average molecular weight is 373 g/mol. The predicted octanol–water partition coefficient (Wildman–Crippen LogP) is 3.86. The third kappa shape index (κ3) is 4.44. The first-order chi connectivity index (χ1) is 9.97. The lowest BCUT2D eigenvalue weighted by Crippen LogP contribution is -2.11. The summed E-state index contributed by atoms with van der Waals surface area (Å²) in [5, 5.41) is 6.54. The monoisotopic (exact) mass is 371 g/mol. The van der Waals surface area contributed by atoms with E-state index in [1.54, 1.807) is 13.1 Å². The van der Waals surface area contributed by atoms with Gasteiger partial charge in [0.1, 0.15) is 0 Å². The zero-order valence-electron chi connectivity index (χ0n) is 11.8. The summed E-state index contributed by atoms with van der Waals surface area (Å²) in [4.78, 5) is 12.6. The summed E-state index contributed by atoms with van der Waals surface area (Å²) in [6.07, 6.45) is -0.0212. The van der Waals surface area contributed by atoms with Crippen molar-refractivity contribution in [3.8, 4) is 6.01 Å². The zero-order valence-corrected chi connectivity index (χ0v) is 14.2. The molecule has 1 aromatic heterocycles. The quantitative estimate of drug-likeness (QED) is 0.830. The molecule has 0 spiro atoms. The van der Waals surface area contributed by atoms with Crippen LogP contribution in [0.1, 0.15) is 13.8 Å². The molecule has 21 heavy (non-hydrogen) atoms. The van der Waals surface area contributed by atoms with Crippen molar-refractivity contribution in [1.29, 1.82) is 0 Å². The fourth-order valence-corrected chi connectivity index (χ4v) is 1.92. The van der Waals surface area contributed by atoms with Gasteiger partial charge >= 0.3 is 6.01 Å². The van der Waals surface area contributed by atoms with Gasteiger partial charge in [0.2, 0.25) is 11.9 Å². The number of halogens is 2. The van der Waals surface area contributed by atoms with E-state index in [2.05, 4.69) is 41.5 Å². The van der Waals surface area contributed by atoms with Crippen molar-refractivity contribution in [3.63, 3.8) is 0 Å². The van der Waals surface area contributed by atoms with Crippen LogP contribution in [0.5, 0.6) is 6.01 Å². The Morgan fingerprint density at radius 2 is 1.90 bits per heavy atom. The second-order valence-electron chi connectivity index (χ2n) is 4.44. The van der Waals surface area contributed by atoms with Gasteiger partial charge in [-0.2, -0.15) is 15.0 Å². The summed E-state index contributed by atoms with van der Waals surface area (Å²) >= 11 is 9.41. The van der Waals surface area contributed by atoms with Gasteiger partial charge in [0.15, 0.2) is 0 Å². The molecule has 1 heterocycles. The van der Waals surface area contributed by atoms with Gasteiger partial charge in [-0.25, -0.2) is 0 Å². The maximum atomic E-state index is 6.06. The van der Waals surface area contributed by atoms with Crippen molar-refractivity contribution in [2.75, 3.05) is 17.7 Å². The highest BCUT2D eigenvalue weighted by Crippen LogP contribution is 2.27. The van der Waals surface area contributed by atoms with E-state index in [0.717, 1.165) is 10.2 Å². The number of aromatic nitrogens is 3. The summed E-state index contributed by atoms with van der Waals surface area (Å²) in [6, 6.07) is 5.74. The van der Waals surface area contributed by atoms with Crippen molar-refractivity contribution in [1.82, 2.24) is 15.0 Å². The molecule has 112 valence electrons. The Hall–Kier alpha value is -1.60. The van der Waals surface area contributed by atoms with Crippen LogP contribution in [0.25, 0.3) is 0 Å². The highest BCUT2D eigenvalue weighted by atomic mass is 79.9. The molecule has 2 rings (SSSR count). The molecule has 6 nitrogen and oxygen atoms in total. The largest absolute Gasteiger partial charge is 0.461 e. The minimum absolute atomic E-state index is 0.0212. The molecule has 0 bridgehead atoms. The standard InChI is InChI=1S/C13H15BrClN5O/c1-7(2)21-13-19-11(16-3)18-12(20-13)17-8-4-5-9(14)10(15)6-8/h4-7H,1-3H3,(H2,16,17,18,19,20). The summed E-state index contributed by atoms with van der Waals surface area (Å²) in [5.41, 5.74) is 0.770. The van der Waals surface area contributed by atoms with Crippen molar-refractivity contribution >= 4 is 45.1 Å². The molecule has 0 aliphatic heterocycles. The molecule has 0 saturated carbocycles. The van der Waals surface area contributed by atoms with Crippen LogP contribution in [0.3, 0.4) is 0 Å². The Balaban J connectivity index is 2.27. The highest BCUT2D eigenvalue weighted by molar-refractivity contribution is 9.10. The van der Waals surface area contributed by atoms with E-state index in [4.69, 9.17) is 16.3 Å². The molecule has 0 saturated heterocycles. The smallest absolute Gasteiger partial charge is 0.323 e. The minimum Gasteiger partial charge on any atom is -0.461 e. The first-order valence-electron chi connectivity index (χ1n) is 6.30. The number of anilines is 3. The predicted molar refractivity (Wildman–Crippen MR) is 87.6 cm³/mol. The Labute approximate surface area is 136 Å². The number of benzene rings is 1. The van der Waals surface area contributed by atoms with Crippen molar-refractivity contribution in [2.24, 2.45) is 0 Å². The number of rotatable bonds is 5. The number of nitrogens with zero attached hydrogens (tertiary/aromatic N) is 3. The fourth-order valence-electron chi connectivity index (χ4n) is 1.49. The second kappa shape index (κ2) is 6.91. The number of nitrogens with one attached hydrogen (secondary N) is 2. The van der Waals surface area contributed by atoms with E-state index < -0.39 is 0 Å².